The molecule has 1 N–H and O–H groups in total. The van der Waals surface area contributed by atoms with Gasteiger partial charge >= 0.3 is 0 Å². The van der Waals surface area contributed by atoms with Crippen LogP contribution in [0.15, 0.2) is 30.6 Å². The van der Waals surface area contributed by atoms with E-state index in [0.29, 0.717) is 5.69 Å². The molecule has 0 aromatic carbocycles. The Morgan fingerprint density at radius 3 is 2.91 bits per heavy atom. The van der Waals surface area contributed by atoms with Crippen molar-refractivity contribution in [3.05, 3.63) is 42.1 Å². The van der Waals surface area contributed by atoms with E-state index < -0.39 is 0 Å². The zero-order valence-corrected chi connectivity index (χ0v) is 13.4. The first kappa shape index (κ1) is 16.0. The van der Waals surface area contributed by atoms with E-state index in [0.717, 1.165) is 37.6 Å². The molecule has 2 aromatic rings. The van der Waals surface area contributed by atoms with Gasteiger partial charge in [-0.15, -0.1) is 0 Å². The van der Waals surface area contributed by atoms with Crippen molar-refractivity contribution in [2.24, 2.45) is 0 Å². The molecule has 2 heterocycles. The smallest absolute Gasteiger partial charge is 0.272 e. The van der Waals surface area contributed by atoms with Crippen LogP contribution in [-0.4, -0.2) is 46.0 Å². The molecular formula is C16H23N5O. The second kappa shape index (κ2) is 7.59. The third-order valence-electron chi connectivity index (χ3n) is 3.37. The molecule has 118 valence electrons. The molecule has 2 aromatic heterocycles. The predicted molar refractivity (Wildman–Crippen MR) is 87.0 cm³/mol. The average molecular weight is 301 g/mol. The molecule has 6 heteroatoms. The molecule has 0 saturated heterocycles. The van der Waals surface area contributed by atoms with Gasteiger partial charge < -0.3 is 14.8 Å². The van der Waals surface area contributed by atoms with Gasteiger partial charge in [0.15, 0.2) is 0 Å². The summed E-state index contributed by atoms with van der Waals surface area (Å²) < 4.78 is 2.17. The van der Waals surface area contributed by atoms with Crippen LogP contribution in [0.3, 0.4) is 0 Å². The molecule has 0 aliphatic rings. The lowest BCUT2D eigenvalue weighted by molar-refractivity contribution is 0.0822. The van der Waals surface area contributed by atoms with Gasteiger partial charge in [-0.1, -0.05) is 13.0 Å². The fourth-order valence-corrected chi connectivity index (χ4v) is 2.21. The number of pyridine rings is 1. The maximum absolute atomic E-state index is 11.9. The Labute approximate surface area is 131 Å². The fraction of sp³-hybridized carbons (Fsp3) is 0.438. The van der Waals surface area contributed by atoms with Crippen molar-refractivity contribution in [3.63, 3.8) is 0 Å². The summed E-state index contributed by atoms with van der Waals surface area (Å²) in [6.45, 7) is 3.83. The van der Waals surface area contributed by atoms with E-state index in [-0.39, 0.29) is 5.91 Å². The number of amides is 1. The lowest BCUT2D eigenvalue weighted by Gasteiger charge is -2.11. The van der Waals surface area contributed by atoms with Crippen molar-refractivity contribution in [3.8, 4) is 0 Å². The van der Waals surface area contributed by atoms with E-state index in [1.165, 1.54) is 4.90 Å². The standard InChI is InChI=1S/C16H23N5O/c1-4-15-18-10-12-21(15)11-6-9-17-14-8-5-7-13(19-14)16(22)20(2)3/h5,7-8,10,12H,4,6,9,11H2,1-3H3,(H,17,19). The van der Waals surface area contributed by atoms with Gasteiger partial charge in [0.2, 0.25) is 0 Å². The molecule has 0 aliphatic heterocycles. The van der Waals surface area contributed by atoms with E-state index >= 15 is 0 Å². The minimum absolute atomic E-state index is 0.0883. The normalized spacial score (nSPS) is 10.5. The summed E-state index contributed by atoms with van der Waals surface area (Å²) in [6.07, 6.45) is 5.76. The van der Waals surface area contributed by atoms with Crippen molar-refractivity contribution >= 4 is 11.7 Å². The van der Waals surface area contributed by atoms with Gasteiger partial charge in [-0.3, -0.25) is 4.79 Å². The number of hydrogen-bond donors (Lipinski definition) is 1. The summed E-state index contributed by atoms with van der Waals surface area (Å²) in [7, 11) is 3.45. The molecular weight excluding hydrogens is 278 g/mol. The highest BCUT2D eigenvalue weighted by atomic mass is 16.2. The minimum Gasteiger partial charge on any atom is -0.370 e. The second-order valence-electron chi connectivity index (χ2n) is 5.28. The van der Waals surface area contributed by atoms with Crippen LogP contribution < -0.4 is 5.32 Å². The molecule has 0 radical (unpaired) electrons. The van der Waals surface area contributed by atoms with Gasteiger partial charge in [-0.05, 0) is 18.6 Å². The molecule has 0 bridgehead atoms. The van der Waals surface area contributed by atoms with Crippen LogP contribution in [0.1, 0.15) is 29.7 Å². The number of carbonyl (C=O) groups excluding carboxylic acids is 1. The molecule has 0 atom stereocenters. The van der Waals surface area contributed by atoms with Crippen LogP contribution in [0.5, 0.6) is 0 Å². The molecule has 0 saturated carbocycles. The number of nitrogens with one attached hydrogen (secondary N) is 1. The first-order chi connectivity index (χ1) is 10.6. The van der Waals surface area contributed by atoms with Crippen molar-refractivity contribution in [1.82, 2.24) is 19.4 Å². The zero-order valence-electron chi connectivity index (χ0n) is 13.4. The number of carbonyl (C=O) groups is 1. The van der Waals surface area contributed by atoms with Crippen molar-refractivity contribution < 1.29 is 4.79 Å². The van der Waals surface area contributed by atoms with E-state index in [1.54, 1.807) is 20.2 Å². The van der Waals surface area contributed by atoms with Crippen LogP contribution in [0.4, 0.5) is 5.82 Å². The predicted octanol–water partition coefficient (Wildman–Crippen LogP) is 2.04. The van der Waals surface area contributed by atoms with Gasteiger partial charge in [0.25, 0.3) is 5.91 Å². The Morgan fingerprint density at radius 1 is 1.36 bits per heavy atom. The third-order valence-corrected chi connectivity index (χ3v) is 3.37. The maximum atomic E-state index is 11.9. The van der Waals surface area contributed by atoms with Gasteiger partial charge in [-0.2, -0.15) is 0 Å². The van der Waals surface area contributed by atoms with Gasteiger partial charge in [0.1, 0.15) is 17.3 Å². The van der Waals surface area contributed by atoms with Crippen LogP contribution in [-0.2, 0) is 13.0 Å². The molecule has 2 rings (SSSR count). The van der Waals surface area contributed by atoms with E-state index in [1.807, 2.05) is 24.5 Å². The topological polar surface area (TPSA) is 63.1 Å². The van der Waals surface area contributed by atoms with Gasteiger partial charge in [0, 0.05) is 46.0 Å². The summed E-state index contributed by atoms with van der Waals surface area (Å²) in [5.74, 6) is 1.75. The first-order valence-corrected chi connectivity index (χ1v) is 7.54. The van der Waals surface area contributed by atoms with Crippen molar-refractivity contribution in [2.75, 3.05) is 26.0 Å². The Hall–Kier alpha value is -2.37. The van der Waals surface area contributed by atoms with E-state index in [2.05, 4.69) is 26.8 Å². The number of anilines is 1. The molecule has 1 amide bonds. The fourth-order valence-electron chi connectivity index (χ4n) is 2.21. The summed E-state index contributed by atoms with van der Waals surface area (Å²) in [5, 5.41) is 3.26. The van der Waals surface area contributed by atoms with Crippen molar-refractivity contribution in [2.45, 2.75) is 26.3 Å². The molecule has 0 spiro atoms. The third kappa shape index (κ3) is 4.07. The molecule has 6 nitrogen and oxygen atoms in total. The van der Waals surface area contributed by atoms with E-state index in [4.69, 9.17) is 0 Å². The van der Waals surface area contributed by atoms with Crippen molar-refractivity contribution in [1.29, 1.82) is 0 Å². The first-order valence-electron chi connectivity index (χ1n) is 7.54. The number of imidazole rings is 1. The Kier molecular flexibility index (Phi) is 5.52. The number of hydrogen-bond acceptors (Lipinski definition) is 4. The average Bonchev–Trinajstić information content (AvgIpc) is 2.98. The lowest BCUT2D eigenvalue weighted by Crippen LogP contribution is -2.23. The lowest BCUT2D eigenvalue weighted by atomic mass is 10.3. The SMILES string of the molecule is CCc1nccn1CCCNc1cccc(C(=O)N(C)C)n1. The highest BCUT2D eigenvalue weighted by molar-refractivity contribution is 5.92. The number of rotatable bonds is 7. The molecule has 0 unspecified atom stereocenters. The molecule has 22 heavy (non-hydrogen) atoms. The van der Waals surface area contributed by atoms with Crippen LogP contribution in [0.25, 0.3) is 0 Å². The van der Waals surface area contributed by atoms with Gasteiger partial charge in [-0.25, -0.2) is 9.97 Å². The highest BCUT2D eigenvalue weighted by Gasteiger charge is 2.09. The maximum Gasteiger partial charge on any atom is 0.272 e. The monoisotopic (exact) mass is 301 g/mol. The summed E-state index contributed by atoms with van der Waals surface area (Å²) in [5.41, 5.74) is 0.456. The van der Waals surface area contributed by atoms with E-state index in [9.17, 15) is 4.79 Å². The quantitative estimate of drug-likeness (QED) is 0.795. The van der Waals surface area contributed by atoms with Crippen LogP contribution in [0, 0.1) is 0 Å². The molecule has 0 aliphatic carbocycles. The summed E-state index contributed by atoms with van der Waals surface area (Å²) >= 11 is 0. The van der Waals surface area contributed by atoms with Crippen LogP contribution >= 0.6 is 0 Å². The van der Waals surface area contributed by atoms with Crippen LogP contribution in [0.2, 0.25) is 0 Å². The minimum atomic E-state index is -0.0883. The number of nitrogens with zero attached hydrogens (tertiary/aromatic N) is 4. The Morgan fingerprint density at radius 2 is 2.18 bits per heavy atom. The molecule has 0 fully saturated rings. The largest absolute Gasteiger partial charge is 0.370 e. The summed E-state index contributed by atoms with van der Waals surface area (Å²) in [4.78, 5) is 22.1. The highest BCUT2D eigenvalue weighted by Crippen LogP contribution is 2.07. The number of aryl methyl sites for hydroxylation is 2. The summed E-state index contributed by atoms with van der Waals surface area (Å²) in [6, 6.07) is 5.45. The second-order valence-corrected chi connectivity index (χ2v) is 5.28. The zero-order chi connectivity index (χ0) is 15.9. The Bertz CT molecular complexity index is 621. The number of aromatic nitrogens is 3. The Balaban J connectivity index is 1.84. The van der Waals surface area contributed by atoms with Gasteiger partial charge in [0.05, 0.1) is 0 Å².